The van der Waals surface area contributed by atoms with Crippen LogP contribution in [0.5, 0.6) is 5.75 Å². The smallest absolute Gasteiger partial charge is 0.120 e. The molecule has 2 aromatic heterocycles. The van der Waals surface area contributed by atoms with Crippen LogP contribution in [0.4, 0.5) is 0 Å². The number of nitrogens with one attached hydrogen (secondary N) is 1. The first-order chi connectivity index (χ1) is 11.7. The maximum Gasteiger partial charge on any atom is 0.120 e. The Bertz CT molecular complexity index is 730. The highest BCUT2D eigenvalue weighted by Crippen LogP contribution is 2.23. The van der Waals surface area contributed by atoms with Crippen molar-refractivity contribution in [2.24, 2.45) is 0 Å². The van der Waals surface area contributed by atoms with Crippen molar-refractivity contribution in [1.82, 2.24) is 10.3 Å². The van der Waals surface area contributed by atoms with Gasteiger partial charge in [-0.25, -0.2) is 4.98 Å². The van der Waals surface area contributed by atoms with Gasteiger partial charge < -0.3 is 10.1 Å². The molecule has 1 unspecified atom stereocenters. The number of thiazole rings is 1. The van der Waals surface area contributed by atoms with Crippen molar-refractivity contribution in [3.05, 3.63) is 68.8 Å². The molecule has 1 atom stereocenters. The van der Waals surface area contributed by atoms with Crippen LogP contribution in [0.15, 0.2) is 52.7 Å². The molecule has 0 spiro atoms. The molecule has 0 amide bonds. The molecule has 3 rings (SSSR count). The lowest BCUT2D eigenvalue weighted by Crippen LogP contribution is -2.22. The van der Waals surface area contributed by atoms with E-state index in [1.165, 1.54) is 11.1 Å². The quantitative estimate of drug-likeness (QED) is 0.548. The van der Waals surface area contributed by atoms with Crippen LogP contribution in [0.2, 0.25) is 0 Å². The summed E-state index contributed by atoms with van der Waals surface area (Å²) in [6, 6.07) is 10.7. The standard InChI is InChI=1S/C19H22N2OS2.ClH/c1-14(2)22-17-5-3-4-15(10-17)12-21-18(19-20-7-9-24-19)11-16-6-8-23-13-16;/h3-10,13-14,18,21H,11-12H2,1-2H3;1H. The fourth-order valence-electron chi connectivity index (χ4n) is 2.54. The molecule has 0 saturated heterocycles. The van der Waals surface area contributed by atoms with Crippen molar-refractivity contribution >= 4 is 35.1 Å². The topological polar surface area (TPSA) is 34.1 Å². The number of benzene rings is 1. The van der Waals surface area contributed by atoms with Crippen LogP contribution in [0.3, 0.4) is 0 Å². The van der Waals surface area contributed by atoms with Gasteiger partial charge in [0.2, 0.25) is 0 Å². The minimum Gasteiger partial charge on any atom is -0.491 e. The van der Waals surface area contributed by atoms with E-state index in [0.29, 0.717) is 0 Å². The molecular formula is C19H23ClN2OS2. The summed E-state index contributed by atoms with van der Waals surface area (Å²) < 4.78 is 5.78. The Morgan fingerprint density at radius 3 is 2.72 bits per heavy atom. The average Bonchev–Trinajstić information content (AvgIpc) is 3.24. The second-order valence-electron chi connectivity index (χ2n) is 5.95. The van der Waals surface area contributed by atoms with Crippen molar-refractivity contribution in [2.75, 3.05) is 0 Å². The average molecular weight is 395 g/mol. The van der Waals surface area contributed by atoms with Crippen molar-refractivity contribution in [1.29, 1.82) is 0 Å². The summed E-state index contributed by atoms with van der Waals surface area (Å²) in [4.78, 5) is 4.50. The van der Waals surface area contributed by atoms with Gasteiger partial charge in [0.25, 0.3) is 0 Å². The van der Waals surface area contributed by atoms with E-state index in [9.17, 15) is 0 Å². The van der Waals surface area contributed by atoms with E-state index < -0.39 is 0 Å². The van der Waals surface area contributed by atoms with E-state index in [2.05, 4.69) is 39.3 Å². The zero-order chi connectivity index (χ0) is 16.8. The highest BCUT2D eigenvalue weighted by atomic mass is 35.5. The van der Waals surface area contributed by atoms with E-state index in [1.54, 1.807) is 22.7 Å². The number of ether oxygens (including phenoxy) is 1. The van der Waals surface area contributed by atoms with Crippen LogP contribution in [-0.2, 0) is 13.0 Å². The molecule has 0 bridgehead atoms. The van der Waals surface area contributed by atoms with Crippen LogP contribution in [0, 0.1) is 0 Å². The molecule has 1 N–H and O–H groups in total. The summed E-state index contributed by atoms with van der Waals surface area (Å²) in [5.41, 5.74) is 2.57. The van der Waals surface area contributed by atoms with E-state index >= 15 is 0 Å². The highest BCUT2D eigenvalue weighted by molar-refractivity contribution is 7.09. The molecule has 0 fully saturated rings. The summed E-state index contributed by atoms with van der Waals surface area (Å²) in [6.07, 6.45) is 3.02. The first-order valence-electron chi connectivity index (χ1n) is 8.10. The van der Waals surface area contributed by atoms with Gasteiger partial charge in [-0.2, -0.15) is 11.3 Å². The maximum atomic E-state index is 5.78. The molecular weight excluding hydrogens is 372 g/mol. The fraction of sp³-hybridized carbons (Fsp3) is 0.316. The van der Waals surface area contributed by atoms with Crippen LogP contribution in [0.1, 0.15) is 36.0 Å². The highest BCUT2D eigenvalue weighted by Gasteiger charge is 2.15. The molecule has 0 aliphatic carbocycles. The number of aromatic nitrogens is 1. The predicted octanol–water partition coefficient (Wildman–Crippen LogP) is 5.49. The van der Waals surface area contributed by atoms with E-state index in [-0.39, 0.29) is 24.6 Å². The SMILES string of the molecule is CC(C)Oc1cccc(CNC(Cc2ccsc2)c2nccs2)c1.Cl. The third-order valence-corrected chi connectivity index (χ3v) is 5.21. The van der Waals surface area contributed by atoms with Crippen LogP contribution in [0.25, 0.3) is 0 Å². The molecule has 1 aromatic carbocycles. The summed E-state index contributed by atoms with van der Waals surface area (Å²) in [6.45, 7) is 4.89. The Hall–Kier alpha value is -1.40. The second-order valence-corrected chi connectivity index (χ2v) is 7.66. The Morgan fingerprint density at radius 1 is 1.16 bits per heavy atom. The maximum absolute atomic E-state index is 5.78. The zero-order valence-electron chi connectivity index (χ0n) is 14.3. The number of rotatable bonds is 8. The summed E-state index contributed by atoms with van der Waals surface area (Å²) in [5, 5.41) is 11.2. The van der Waals surface area contributed by atoms with Crippen molar-refractivity contribution < 1.29 is 4.74 Å². The normalized spacial score (nSPS) is 12.0. The van der Waals surface area contributed by atoms with Gasteiger partial charge in [-0.15, -0.1) is 23.7 Å². The molecule has 134 valence electrons. The third kappa shape index (κ3) is 6.12. The Labute approximate surface area is 163 Å². The molecule has 6 heteroatoms. The van der Waals surface area contributed by atoms with E-state index in [1.807, 2.05) is 37.6 Å². The molecule has 0 saturated carbocycles. The fourth-order valence-corrected chi connectivity index (χ4v) is 3.94. The second kappa shape index (κ2) is 9.92. The number of halogens is 1. The van der Waals surface area contributed by atoms with Gasteiger partial charge in [0, 0.05) is 18.1 Å². The lowest BCUT2D eigenvalue weighted by atomic mass is 10.1. The molecule has 0 aliphatic rings. The zero-order valence-corrected chi connectivity index (χ0v) is 16.8. The van der Waals surface area contributed by atoms with E-state index in [4.69, 9.17) is 4.74 Å². The third-order valence-electron chi connectivity index (χ3n) is 3.59. The number of hydrogen-bond acceptors (Lipinski definition) is 5. The van der Waals surface area contributed by atoms with Gasteiger partial charge in [0.1, 0.15) is 10.8 Å². The first kappa shape index (κ1) is 19.9. The largest absolute Gasteiger partial charge is 0.491 e. The first-order valence-corrected chi connectivity index (χ1v) is 9.92. The summed E-state index contributed by atoms with van der Waals surface area (Å²) in [5.74, 6) is 0.924. The minimum absolute atomic E-state index is 0. The number of nitrogens with zero attached hydrogens (tertiary/aromatic N) is 1. The van der Waals surface area contributed by atoms with Crippen LogP contribution in [-0.4, -0.2) is 11.1 Å². The van der Waals surface area contributed by atoms with Gasteiger partial charge in [-0.1, -0.05) is 12.1 Å². The molecule has 25 heavy (non-hydrogen) atoms. The van der Waals surface area contributed by atoms with Gasteiger partial charge >= 0.3 is 0 Å². The minimum atomic E-state index is 0. The molecule has 0 aliphatic heterocycles. The molecule has 0 radical (unpaired) electrons. The van der Waals surface area contributed by atoms with Crippen LogP contribution < -0.4 is 10.1 Å². The Balaban J connectivity index is 0.00000225. The van der Waals surface area contributed by atoms with Gasteiger partial charge in [0.05, 0.1) is 12.1 Å². The van der Waals surface area contributed by atoms with Crippen molar-refractivity contribution in [3.63, 3.8) is 0 Å². The van der Waals surface area contributed by atoms with Gasteiger partial charge in [-0.3, -0.25) is 0 Å². The molecule has 2 heterocycles. The number of hydrogen-bond donors (Lipinski definition) is 1. The Kier molecular flexibility index (Phi) is 7.90. The van der Waals surface area contributed by atoms with Gasteiger partial charge in [-0.05, 0) is 60.4 Å². The summed E-state index contributed by atoms with van der Waals surface area (Å²) >= 11 is 3.44. The van der Waals surface area contributed by atoms with Gasteiger partial charge in [0.15, 0.2) is 0 Å². The van der Waals surface area contributed by atoms with E-state index in [0.717, 1.165) is 23.7 Å². The monoisotopic (exact) mass is 394 g/mol. The van der Waals surface area contributed by atoms with Crippen LogP contribution >= 0.6 is 35.1 Å². The predicted molar refractivity (Wildman–Crippen MR) is 109 cm³/mol. The Morgan fingerprint density at radius 2 is 2.04 bits per heavy atom. The van der Waals surface area contributed by atoms with Crippen molar-refractivity contribution in [2.45, 2.75) is 39.0 Å². The number of thiophene rings is 1. The summed E-state index contributed by atoms with van der Waals surface area (Å²) in [7, 11) is 0. The molecule has 3 nitrogen and oxygen atoms in total. The lowest BCUT2D eigenvalue weighted by molar-refractivity contribution is 0.242. The molecule has 3 aromatic rings. The van der Waals surface area contributed by atoms with Crippen molar-refractivity contribution in [3.8, 4) is 5.75 Å². The lowest BCUT2D eigenvalue weighted by Gasteiger charge is -2.17.